The highest BCUT2D eigenvalue weighted by atomic mass is 79.9. The van der Waals surface area contributed by atoms with Crippen molar-refractivity contribution in [2.24, 2.45) is 5.10 Å². The zero-order valence-electron chi connectivity index (χ0n) is 20.4. The maximum absolute atomic E-state index is 12.8. The molecule has 0 spiro atoms. The van der Waals surface area contributed by atoms with Gasteiger partial charge in [-0.05, 0) is 55.5 Å². The lowest BCUT2D eigenvalue weighted by Gasteiger charge is -2.13. The molecule has 0 aliphatic carbocycles. The molecule has 9 nitrogen and oxygen atoms in total. The summed E-state index contributed by atoms with van der Waals surface area (Å²) < 4.78 is 7.75. The van der Waals surface area contributed by atoms with Gasteiger partial charge in [-0.15, -0.1) is 10.2 Å². The number of halogens is 2. The summed E-state index contributed by atoms with van der Waals surface area (Å²) in [5.41, 5.74) is 4.67. The van der Waals surface area contributed by atoms with Gasteiger partial charge in [0.2, 0.25) is 0 Å². The first-order valence-corrected chi connectivity index (χ1v) is 13.5. The highest BCUT2D eigenvalue weighted by Gasteiger charge is 2.21. The Hall–Kier alpha value is -3.54. The van der Waals surface area contributed by atoms with Crippen LogP contribution in [-0.2, 0) is 11.3 Å². The van der Waals surface area contributed by atoms with E-state index in [9.17, 15) is 9.90 Å². The number of rotatable bonds is 10. The van der Waals surface area contributed by atoms with E-state index in [2.05, 4.69) is 42.0 Å². The van der Waals surface area contributed by atoms with Crippen molar-refractivity contribution in [3.63, 3.8) is 0 Å². The van der Waals surface area contributed by atoms with Gasteiger partial charge in [-0.3, -0.25) is 9.36 Å². The standard InChI is InChI=1S/C26H24BrClN6O3S/c1-16(25(36)32-30-14-17-12-18(27)13-22(37-2)24(17)35)38-26-33-31-23(34(26)21-6-4-3-5-7-21)15-29-20-10-8-19(28)9-11-20/h3-14,16,29,35H,15H2,1-2H3,(H,32,36)/b30-14+. The third-order valence-electron chi connectivity index (χ3n) is 5.33. The van der Waals surface area contributed by atoms with Gasteiger partial charge in [-0.1, -0.05) is 57.5 Å². The number of aromatic hydroxyl groups is 1. The van der Waals surface area contributed by atoms with Crippen LogP contribution in [0.2, 0.25) is 5.02 Å². The number of hydrogen-bond acceptors (Lipinski definition) is 8. The van der Waals surface area contributed by atoms with E-state index in [0.29, 0.717) is 32.6 Å². The van der Waals surface area contributed by atoms with Crippen LogP contribution < -0.4 is 15.5 Å². The number of thioether (sulfide) groups is 1. The maximum atomic E-state index is 12.8. The summed E-state index contributed by atoms with van der Waals surface area (Å²) in [5, 5.41) is 27.0. The summed E-state index contributed by atoms with van der Waals surface area (Å²) in [6, 6.07) is 20.4. The van der Waals surface area contributed by atoms with Gasteiger partial charge < -0.3 is 15.2 Å². The molecule has 196 valence electrons. The lowest BCUT2D eigenvalue weighted by molar-refractivity contribution is -0.120. The van der Waals surface area contributed by atoms with Crippen molar-refractivity contribution >= 4 is 57.1 Å². The van der Waals surface area contributed by atoms with Crippen LogP contribution in [0.25, 0.3) is 5.69 Å². The first-order chi connectivity index (χ1) is 18.4. The molecule has 3 aromatic carbocycles. The molecule has 38 heavy (non-hydrogen) atoms. The Kier molecular flexibility index (Phi) is 9.27. The van der Waals surface area contributed by atoms with Crippen molar-refractivity contribution in [1.29, 1.82) is 0 Å². The predicted molar refractivity (Wildman–Crippen MR) is 154 cm³/mol. The molecule has 0 saturated carbocycles. The number of methoxy groups -OCH3 is 1. The van der Waals surface area contributed by atoms with Crippen molar-refractivity contribution < 1.29 is 14.6 Å². The van der Waals surface area contributed by atoms with Gasteiger partial charge in [0, 0.05) is 26.4 Å². The third kappa shape index (κ3) is 6.85. The highest BCUT2D eigenvalue weighted by molar-refractivity contribution is 9.10. The number of amides is 1. The van der Waals surface area contributed by atoms with Crippen LogP contribution in [0.1, 0.15) is 18.3 Å². The number of nitrogens with zero attached hydrogens (tertiary/aromatic N) is 4. The van der Waals surface area contributed by atoms with Crippen LogP contribution in [-0.4, -0.2) is 44.4 Å². The minimum absolute atomic E-state index is 0.0770. The zero-order chi connectivity index (χ0) is 27.1. The first kappa shape index (κ1) is 27.5. The number of para-hydroxylation sites is 1. The van der Waals surface area contributed by atoms with E-state index in [-0.39, 0.29) is 17.4 Å². The fraction of sp³-hybridized carbons (Fsp3) is 0.154. The quantitative estimate of drug-likeness (QED) is 0.120. The van der Waals surface area contributed by atoms with E-state index >= 15 is 0 Å². The number of hydrazone groups is 1. The molecule has 3 N–H and O–H groups in total. The predicted octanol–water partition coefficient (Wildman–Crippen LogP) is 5.64. The summed E-state index contributed by atoms with van der Waals surface area (Å²) in [6.07, 6.45) is 1.35. The van der Waals surface area contributed by atoms with Gasteiger partial charge in [0.15, 0.2) is 22.5 Å². The molecule has 1 heterocycles. The van der Waals surface area contributed by atoms with Gasteiger partial charge in [0.25, 0.3) is 5.91 Å². The molecule has 1 unspecified atom stereocenters. The van der Waals surface area contributed by atoms with Crippen LogP contribution >= 0.6 is 39.3 Å². The second-order valence-electron chi connectivity index (χ2n) is 7.97. The van der Waals surface area contributed by atoms with Crippen LogP contribution in [0.3, 0.4) is 0 Å². The Labute approximate surface area is 237 Å². The van der Waals surface area contributed by atoms with Crippen LogP contribution in [0.15, 0.2) is 81.5 Å². The average molecular weight is 616 g/mol. The van der Waals surface area contributed by atoms with Crippen molar-refractivity contribution in [2.45, 2.75) is 23.9 Å². The Morgan fingerprint density at radius 2 is 1.95 bits per heavy atom. The fourth-order valence-corrected chi connectivity index (χ4v) is 4.85. The normalized spacial score (nSPS) is 11.9. The second-order valence-corrected chi connectivity index (χ2v) is 10.6. The summed E-state index contributed by atoms with van der Waals surface area (Å²) in [5.74, 6) is 0.555. The van der Waals surface area contributed by atoms with Gasteiger partial charge in [-0.25, -0.2) is 5.43 Å². The molecule has 1 aromatic heterocycles. The van der Waals surface area contributed by atoms with Crippen LogP contribution in [0.4, 0.5) is 5.69 Å². The smallest absolute Gasteiger partial charge is 0.253 e. The number of phenols is 1. The van der Waals surface area contributed by atoms with Gasteiger partial charge >= 0.3 is 0 Å². The molecule has 12 heteroatoms. The van der Waals surface area contributed by atoms with Gasteiger partial charge in [-0.2, -0.15) is 5.10 Å². The number of hydrogen-bond donors (Lipinski definition) is 3. The molecule has 0 aliphatic heterocycles. The van der Waals surface area contributed by atoms with E-state index in [1.165, 1.54) is 25.1 Å². The average Bonchev–Trinajstić information content (AvgIpc) is 3.32. The minimum Gasteiger partial charge on any atom is -0.504 e. The zero-order valence-corrected chi connectivity index (χ0v) is 23.6. The number of carbonyl (C=O) groups excluding carboxylic acids is 1. The SMILES string of the molecule is COc1cc(Br)cc(/C=N/NC(=O)C(C)Sc2nnc(CNc3ccc(Cl)cc3)n2-c2ccccc2)c1O. The van der Waals surface area contributed by atoms with Gasteiger partial charge in [0.05, 0.1) is 25.1 Å². The van der Waals surface area contributed by atoms with Crippen LogP contribution in [0, 0.1) is 0 Å². The number of aromatic nitrogens is 3. The molecule has 1 atom stereocenters. The molecule has 0 fully saturated rings. The number of carbonyl (C=O) groups is 1. The number of ether oxygens (including phenoxy) is 1. The summed E-state index contributed by atoms with van der Waals surface area (Å²) in [7, 11) is 1.45. The number of benzene rings is 3. The van der Waals surface area contributed by atoms with Crippen molar-refractivity contribution in [1.82, 2.24) is 20.2 Å². The highest BCUT2D eigenvalue weighted by Crippen LogP contribution is 2.32. The third-order valence-corrected chi connectivity index (χ3v) is 7.08. The molecule has 0 saturated heterocycles. The second kappa shape index (κ2) is 12.8. The molecular formula is C26H24BrClN6O3S. The molecule has 0 radical (unpaired) electrons. The van der Waals surface area contributed by atoms with Gasteiger partial charge in [0.1, 0.15) is 0 Å². The minimum atomic E-state index is -0.540. The lowest BCUT2D eigenvalue weighted by atomic mass is 10.2. The van der Waals surface area contributed by atoms with Crippen molar-refractivity contribution in [2.75, 3.05) is 12.4 Å². The van der Waals surface area contributed by atoms with Crippen molar-refractivity contribution in [3.8, 4) is 17.2 Å². The van der Waals surface area contributed by atoms with Crippen LogP contribution in [0.5, 0.6) is 11.5 Å². The lowest BCUT2D eigenvalue weighted by Crippen LogP contribution is -2.27. The monoisotopic (exact) mass is 614 g/mol. The largest absolute Gasteiger partial charge is 0.504 e. The van der Waals surface area contributed by atoms with E-state index in [1.807, 2.05) is 59.2 Å². The molecule has 0 bridgehead atoms. The molecular weight excluding hydrogens is 592 g/mol. The Balaban J connectivity index is 1.47. The number of phenolic OH excluding ortho intramolecular Hbond substituents is 1. The topological polar surface area (TPSA) is 114 Å². The summed E-state index contributed by atoms with van der Waals surface area (Å²) in [4.78, 5) is 12.8. The summed E-state index contributed by atoms with van der Waals surface area (Å²) in [6.45, 7) is 2.17. The number of anilines is 1. The van der Waals surface area contributed by atoms with E-state index in [1.54, 1.807) is 19.1 Å². The molecule has 4 aromatic rings. The summed E-state index contributed by atoms with van der Waals surface area (Å²) >= 11 is 10.6. The molecule has 0 aliphatic rings. The maximum Gasteiger partial charge on any atom is 0.253 e. The number of nitrogens with one attached hydrogen (secondary N) is 2. The van der Waals surface area contributed by atoms with E-state index in [0.717, 1.165) is 11.4 Å². The molecule has 4 rings (SSSR count). The Bertz CT molecular complexity index is 1430. The first-order valence-electron chi connectivity index (χ1n) is 11.4. The fourth-order valence-electron chi connectivity index (χ4n) is 3.39. The van der Waals surface area contributed by atoms with E-state index in [4.69, 9.17) is 16.3 Å². The molecule has 1 amide bonds. The van der Waals surface area contributed by atoms with E-state index < -0.39 is 5.25 Å². The van der Waals surface area contributed by atoms with Crippen molar-refractivity contribution in [3.05, 3.63) is 87.6 Å². The Morgan fingerprint density at radius 1 is 1.21 bits per heavy atom. The Morgan fingerprint density at radius 3 is 2.66 bits per heavy atom.